The summed E-state index contributed by atoms with van der Waals surface area (Å²) in [6, 6.07) is 12.5. The van der Waals surface area contributed by atoms with Crippen molar-refractivity contribution >= 4 is 5.69 Å². The highest BCUT2D eigenvalue weighted by atomic mass is 19.4. The first kappa shape index (κ1) is 17.1. The normalized spacial score (nSPS) is 11.3. The van der Waals surface area contributed by atoms with Gasteiger partial charge in [-0.25, -0.2) is 0 Å². The molecule has 0 spiro atoms. The maximum absolute atomic E-state index is 12.2. The standard InChI is InChI=1S/C17H18F3NO2/c1-12-8-15(6-7-16(12)23-11-17(18,19)20)21-9-13-2-4-14(10-22)5-3-13/h2-8,21-22H,9-11H2,1H3. The number of anilines is 1. The highest BCUT2D eigenvalue weighted by Crippen LogP contribution is 2.25. The van der Waals surface area contributed by atoms with Crippen molar-refractivity contribution in [1.82, 2.24) is 0 Å². The number of benzene rings is 2. The quantitative estimate of drug-likeness (QED) is 0.842. The van der Waals surface area contributed by atoms with Gasteiger partial charge in [-0.15, -0.1) is 0 Å². The molecule has 0 unspecified atom stereocenters. The Hall–Kier alpha value is -2.21. The topological polar surface area (TPSA) is 41.5 Å². The van der Waals surface area contributed by atoms with Crippen LogP contribution in [0.25, 0.3) is 0 Å². The van der Waals surface area contributed by atoms with Crippen LogP contribution in [0.5, 0.6) is 5.75 Å². The molecule has 0 saturated heterocycles. The molecule has 2 N–H and O–H groups in total. The predicted octanol–water partition coefficient (Wildman–Crippen LogP) is 4.04. The van der Waals surface area contributed by atoms with E-state index in [-0.39, 0.29) is 12.4 Å². The fraction of sp³-hybridized carbons (Fsp3) is 0.294. The molecular formula is C17H18F3NO2. The van der Waals surface area contributed by atoms with Crippen LogP contribution in [0.4, 0.5) is 18.9 Å². The van der Waals surface area contributed by atoms with Gasteiger partial charge in [0.15, 0.2) is 6.61 Å². The van der Waals surface area contributed by atoms with Crippen molar-refractivity contribution in [3.05, 3.63) is 59.2 Å². The molecule has 3 nitrogen and oxygen atoms in total. The Kier molecular flexibility index (Phi) is 5.50. The summed E-state index contributed by atoms with van der Waals surface area (Å²) >= 11 is 0. The number of hydrogen-bond donors (Lipinski definition) is 2. The number of hydrogen-bond acceptors (Lipinski definition) is 3. The zero-order valence-electron chi connectivity index (χ0n) is 12.7. The molecule has 0 aromatic heterocycles. The zero-order chi connectivity index (χ0) is 16.9. The van der Waals surface area contributed by atoms with E-state index in [0.29, 0.717) is 12.1 Å². The Labute approximate surface area is 132 Å². The third kappa shape index (κ3) is 5.49. The van der Waals surface area contributed by atoms with Crippen molar-refractivity contribution in [3.8, 4) is 5.75 Å². The Bertz CT molecular complexity index is 639. The van der Waals surface area contributed by atoms with Crippen molar-refractivity contribution in [2.24, 2.45) is 0 Å². The first-order valence-corrected chi connectivity index (χ1v) is 7.10. The van der Waals surface area contributed by atoms with Gasteiger partial charge in [-0.1, -0.05) is 24.3 Å². The van der Waals surface area contributed by atoms with Gasteiger partial charge >= 0.3 is 6.18 Å². The van der Waals surface area contributed by atoms with Crippen LogP contribution in [-0.2, 0) is 13.2 Å². The Balaban J connectivity index is 1.94. The van der Waals surface area contributed by atoms with Gasteiger partial charge < -0.3 is 15.2 Å². The minimum absolute atomic E-state index is 0.00624. The monoisotopic (exact) mass is 325 g/mol. The zero-order valence-corrected chi connectivity index (χ0v) is 12.7. The minimum Gasteiger partial charge on any atom is -0.484 e. The van der Waals surface area contributed by atoms with E-state index in [4.69, 9.17) is 9.84 Å². The van der Waals surface area contributed by atoms with Gasteiger partial charge in [-0.05, 0) is 41.8 Å². The molecule has 0 amide bonds. The second-order valence-electron chi connectivity index (χ2n) is 5.21. The lowest BCUT2D eigenvalue weighted by Gasteiger charge is -2.13. The van der Waals surface area contributed by atoms with E-state index in [2.05, 4.69) is 5.32 Å². The van der Waals surface area contributed by atoms with E-state index in [1.165, 1.54) is 6.07 Å². The van der Waals surface area contributed by atoms with Crippen molar-refractivity contribution in [2.45, 2.75) is 26.3 Å². The summed E-state index contributed by atoms with van der Waals surface area (Å²) in [5.41, 5.74) is 3.32. The van der Waals surface area contributed by atoms with Gasteiger partial charge in [0, 0.05) is 12.2 Å². The van der Waals surface area contributed by atoms with E-state index < -0.39 is 12.8 Å². The van der Waals surface area contributed by atoms with Gasteiger partial charge in [0.25, 0.3) is 0 Å². The predicted molar refractivity (Wildman–Crippen MR) is 82.4 cm³/mol. The number of aliphatic hydroxyl groups excluding tert-OH is 1. The highest BCUT2D eigenvalue weighted by Gasteiger charge is 2.28. The second-order valence-corrected chi connectivity index (χ2v) is 5.21. The highest BCUT2D eigenvalue weighted by molar-refractivity contribution is 5.51. The van der Waals surface area contributed by atoms with Gasteiger partial charge in [-0.2, -0.15) is 13.2 Å². The van der Waals surface area contributed by atoms with Gasteiger partial charge in [0.05, 0.1) is 6.61 Å². The first-order chi connectivity index (χ1) is 10.9. The van der Waals surface area contributed by atoms with Crippen LogP contribution < -0.4 is 10.1 Å². The van der Waals surface area contributed by atoms with E-state index >= 15 is 0 Å². The van der Waals surface area contributed by atoms with Crippen LogP contribution >= 0.6 is 0 Å². The number of aliphatic hydroxyl groups is 1. The molecule has 0 atom stereocenters. The fourth-order valence-corrected chi connectivity index (χ4v) is 2.05. The van der Waals surface area contributed by atoms with Crippen LogP contribution in [0.3, 0.4) is 0 Å². The minimum atomic E-state index is -4.34. The third-order valence-corrected chi connectivity index (χ3v) is 3.27. The fourth-order valence-electron chi connectivity index (χ4n) is 2.05. The number of aryl methyl sites for hydroxylation is 1. The molecule has 0 radical (unpaired) electrons. The average Bonchev–Trinajstić information content (AvgIpc) is 2.51. The van der Waals surface area contributed by atoms with Crippen molar-refractivity contribution in [1.29, 1.82) is 0 Å². The molecule has 124 valence electrons. The van der Waals surface area contributed by atoms with E-state index in [1.54, 1.807) is 19.1 Å². The van der Waals surface area contributed by atoms with Gasteiger partial charge in [0.2, 0.25) is 0 Å². The SMILES string of the molecule is Cc1cc(NCc2ccc(CO)cc2)ccc1OCC(F)(F)F. The van der Waals surface area contributed by atoms with Crippen LogP contribution in [0.15, 0.2) is 42.5 Å². The summed E-state index contributed by atoms with van der Waals surface area (Å²) in [7, 11) is 0. The van der Waals surface area contributed by atoms with Crippen LogP contribution in [-0.4, -0.2) is 17.9 Å². The molecule has 2 rings (SSSR count). The molecule has 0 heterocycles. The lowest BCUT2D eigenvalue weighted by Crippen LogP contribution is -2.19. The van der Waals surface area contributed by atoms with Crippen molar-refractivity contribution < 1.29 is 23.0 Å². The summed E-state index contributed by atoms with van der Waals surface area (Å²) in [6.07, 6.45) is -4.34. The van der Waals surface area contributed by atoms with Crippen molar-refractivity contribution in [3.63, 3.8) is 0 Å². The van der Waals surface area contributed by atoms with Gasteiger partial charge in [0.1, 0.15) is 5.75 Å². The number of rotatable bonds is 6. The maximum Gasteiger partial charge on any atom is 0.422 e. The first-order valence-electron chi connectivity index (χ1n) is 7.10. The van der Waals surface area contributed by atoms with E-state index in [0.717, 1.165) is 16.8 Å². The van der Waals surface area contributed by atoms with Crippen LogP contribution in [0.1, 0.15) is 16.7 Å². The number of nitrogens with one attached hydrogen (secondary N) is 1. The van der Waals surface area contributed by atoms with Gasteiger partial charge in [-0.3, -0.25) is 0 Å². The number of alkyl halides is 3. The largest absolute Gasteiger partial charge is 0.484 e. The molecule has 0 fully saturated rings. The Morgan fingerprint density at radius 1 is 1.04 bits per heavy atom. The number of ether oxygens (including phenoxy) is 1. The molecule has 23 heavy (non-hydrogen) atoms. The Morgan fingerprint density at radius 2 is 1.70 bits per heavy atom. The average molecular weight is 325 g/mol. The molecule has 0 bridgehead atoms. The summed E-state index contributed by atoms with van der Waals surface area (Å²) in [6.45, 7) is 0.991. The van der Waals surface area contributed by atoms with E-state index in [9.17, 15) is 13.2 Å². The van der Waals surface area contributed by atoms with Crippen LogP contribution in [0.2, 0.25) is 0 Å². The molecule has 0 aliphatic rings. The summed E-state index contributed by atoms with van der Waals surface area (Å²) in [4.78, 5) is 0. The smallest absolute Gasteiger partial charge is 0.422 e. The van der Waals surface area contributed by atoms with E-state index in [1.807, 2.05) is 24.3 Å². The lowest BCUT2D eigenvalue weighted by molar-refractivity contribution is -0.153. The molecular weight excluding hydrogens is 307 g/mol. The van der Waals surface area contributed by atoms with Crippen LogP contribution in [0, 0.1) is 6.92 Å². The molecule has 2 aromatic carbocycles. The van der Waals surface area contributed by atoms with Crippen molar-refractivity contribution in [2.75, 3.05) is 11.9 Å². The maximum atomic E-state index is 12.2. The number of halogens is 3. The molecule has 2 aromatic rings. The second kappa shape index (κ2) is 7.37. The summed E-state index contributed by atoms with van der Waals surface area (Å²) in [5.74, 6) is 0.222. The molecule has 0 aliphatic carbocycles. The molecule has 6 heteroatoms. The molecule has 0 aliphatic heterocycles. The Morgan fingerprint density at radius 3 is 2.26 bits per heavy atom. The summed E-state index contributed by atoms with van der Waals surface area (Å²) < 4.78 is 41.3. The summed E-state index contributed by atoms with van der Waals surface area (Å²) in [5, 5.41) is 12.2. The molecule has 0 saturated carbocycles. The third-order valence-electron chi connectivity index (χ3n) is 3.27. The lowest BCUT2D eigenvalue weighted by atomic mass is 10.1.